The highest BCUT2D eigenvalue weighted by atomic mass is 16.5. The summed E-state index contributed by atoms with van der Waals surface area (Å²) in [4.78, 5) is 28.9. The van der Waals surface area contributed by atoms with Crippen LogP contribution in [0.25, 0.3) is 0 Å². The molecule has 160 valence electrons. The van der Waals surface area contributed by atoms with Crippen LogP contribution in [0.15, 0.2) is 42.5 Å². The third kappa shape index (κ3) is 4.76. The third-order valence-electron chi connectivity index (χ3n) is 4.98. The van der Waals surface area contributed by atoms with Crippen molar-refractivity contribution in [1.82, 2.24) is 4.90 Å². The number of carbonyl (C=O) groups is 2. The lowest BCUT2D eigenvalue weighted by molar-refractivity contribution is -0.134. The lowest BCUT2D eigenvalue weighted by Crippen LogP contribution is -2.49. The first-order valence-electron chi connectivity index (χ1n) is 9.62. The molecule has 8 nitrogen and oxygen atoms in total. The van der Waals surface area contributed by atoms with Crippen LogP contribution < -0.4 is 19.1 Å². The summed E-state index contributed by atoms with van der Waals surface area (Å²) in [6, 6.07) is 13.1. The molecule has 3 rings (SSSR count). The van der Waals surface area contributed by atoms with Gasteiger partial charge in [-0.25, -0.2) is 4.79 Å². The first kappa shape index (κ1) is 21.3. The minimum absolute atomic E-state index is 0.214. The highest BCUT2D eigenvalue weighted by Gasteiger charge is 2.23. The molecule has 1 aliphatic heterocycles. The molecular formula is C22H26N2O6. The fraction of sp³-hybridized carbons (Fsp3) is 0.364. The Hall–Kier alpha value is -3.42. The number of piperazine rings is 1. The molecule has 1 aliphatic rings. The molecule has 30 heavy (non-hydrogen) atoms. The van der Waals surface area contributed by atoms with E-state index in [9.17, 15) is 9.59 Å². The average Bonchev–Trinajstić information content (AvgIpc) is 2.81. The van der Waals surface area contributed by atoms with Crippen molar-refractivity contribution in [2.45, 2.75) is 0 Å². The molecule has 0 aliphatic carbocycles. The van der Waals surface area contributed by atoms with E-state index in [-0.39, 0.29) is 18.1 Å². The molecule has 0 bridgehead atoms. The summed E-state index contributed by atoms with van der Waals surface area (Å²) in [5.74, 6) is 0.206. The molecule has 1 fully saturated rings. The molecule has 8 heteroatoms. The molecule has 1 heterocycles. The zero-order valence-corrected chi connectivity index (χ0v) is 17.4. The molecular weight excluding hydrogens is 388 g/mol. The van der Waals surface area contributed by atoms with Gasteiger partial charge in [-0.1, -0.05) is 18.2 Å². The highest BCUT2D eigenvalue weighted by molar-refractivity contribution is 5.92. The predicted octanol–water partition coefficient (Wildman–Crippen LogP) is 2.22. The maximum Gasteiger partial charge on any atom is 0.338 e. The Morgan fingerprint density at radius 2 is 1.47 bits per heavy atom. The Kier molecular flexibility index (Phi) is 7.00. The van der Waals surface area contributed by atoms with E-state index in [4.69, 9.17) is 18.9 Å². The zero-order valence-electron chi connectivity index (χ0n) is 17.4. The smallest absolute Gasteiger partial charge is 0.338 e. The summed E-state index contributed by atoms with van der Waals surface area (Å²) in [6.45, 7) is 2.30. The maximum atomic E-state index is 12.5. The van der Waals surface area contributed by atoms with Gasteiger partial charge in [0.1, 0.15) is 0 Å². The van der Waals surface area contributed by atoms with E-state index in [0.717, 1.165) is 18.8 Å². The number of hydrogen-bond donors (Lipinski definition) is 0. The van der Waals surface area contributed by atoms with Gasteiger partial charge in [0.15, 0.2) is 18.1 Å². The Bertz CT molecular complexity index is 853. The van der Waals surface area contributed by atoms with Gasteiger partial charge < -0.3 is 28.7 Å². The Morgan fingerprint density at radius 3 is 2.00 bits per heavy atom. The van der Waals surface area contributed by atoms with Crippen molar-refractivity contribution in [2.24, 2.45) is 0 Å². The quantitative estimate of drug-likeness (QED) is 0.643. The number of ether oxygens (including phenoxy) is 4. The van der Waals surface area contributed by atoms with Crippen molar-refractivity contribution in [3.05, 3.63) is 48.0 Å². The number of anilines is 1. The molecule has 2 aromatic rings. The van der Waals surface area contributed by atoms with Crippen LogP contribution in [-0.4, -0.2) is 70.9 Å². The molecule has 0 atom stereocenters. The second-order valence-electron chi connectivity index (χ2n) is 6.69. The van der Waals surface area contributed by atoms with Crippen LogP contribution >= 0.6 is 0 Å². The Morgan fingerprint density at radius 1 is 0.867 bits per heavy atom. The van der Waals surface area contributed by atoms with Gasteiger partial charge in [-0.2, -0.15) is 0 Å². The van der Waals surface area contributed by atoms with E-state index < -0.39 is 5.97 Å². The van der Waals surface area contributed by atoms with Crippen molar-refractivity contribution in [3.8, 4) is 17.2 Å². The third-order valence-corrected chi connectivity index (χ3v) is 4.98. The van der Waals surface area contributed by atoms with E-state index in [2.05, 4.69) is 17.0 Å². The fourth-order valence-corrected chi connectivity index (χ4v) is 3.35. The zero-order chi connectivity index (χ0) is 21.5. The van der Waals surface area contributed by atoms with Crippen molar-refractivity contribution < 1.29 is 28.5 Å². The minimum atomic E-state index is -0.634. The lowest BCUT2D eigenvalue weighted by Gasteiger charge is -2.36. The number of carbonyl (C=O) groups excluding carboxylic acids is 2. The van der Waals surface area contributed by atoms with E-state index in [1.54, 1.807) is 4.90 Å². The maximum absolute atomic E-state index is 12.5. The Labute approximate surface area is 175 Å². The second-order valence-corrected chi connectivity index (χ2v) is 6.69. The molecule has 2 aromatic carbocycles. The molecule has 0 unspecified atom stereocenters. The monoisotopic (exact) mass is 414 g/mol. The SMILES string of the molecule is COc1cc(C(=O)OCC(=O)N2CCN(c3ccccc3)CC2)cc(OC)c1OC. The van der Waals surface area contributed by atoms with Gasteiger partial charge in [-0.3, -0.25) is 4.79 Å². The summed E-state index contributed by atoms with van der Waals surface area (Å²) in [7, 11) is 4.41. The van der Waals surface area contributed by atoms with Gasteiger partial charge in [-0.15, -0.1) is 0 Å². The van der Waals surface area contributed by atoms with E-state index in [0.29, 0.717) is 30.3 Å². The van der Waals surface area contributed by atoms with Gasteiger partial charge in [0.25, 0.3) is 5.91 Å². The van der Waals surface area contributed by atoms with Crippen molar-refractivity contribution in [2.75, 3.05) is 59.0 Å². The van der Waals surface area contributed by atoms with Crippen molar-refractivity contribution in [3.63, 3.8) is 0 Å². The fourth-order valence-electron chi connectivity index (χ4n) is 3.35. The van der Waals surface area contributed by atoms with Crippen LogP contribution in [0.4, 0.5) is 5.69 Å². The van der Waals surface area contributed by atoms with Crippen LogP contribution in [0.5, 0.6) is 17.2 Å². The Balaban J connectivity index is 1.56. The first-order chi connectivity index (χ1) is 14.6. The number of amides is 1. The first-order valence-corrected chi connectivity index (χ1v) is 9.62. The summed E-state index contributed by atoms with van der Waals surface area (Å²) < 4.78 is 21.0. The number of para-hydroxylation sites is 1. The van der Waals surface area contributed by atoms with E-state index in [1.807, 2.05) is 18.2 Å². The standard InChI is InChI=1S/C22H26N2O6/c1-27-18-13-16(14-19(28-2)21(18)29-3)22(26)30-15-20(25)24-11-9-23(10-12-24)17-7-5-4-6-8-17/h4-8,13-14H,9-12,15H2,1-3H3. The van der Waals surface area contributed by atoms with Crippen LogP contribution in [0.1, 0.15) is 10.4 Å². The van der Waals surface area contributed by atoms with Crippen molar-refractivity contribution in [1.29, 1.82) is 0 Å². The van der Waals surface area contributed by atoms with Crippen LogP contribution in [0.2, 0.25) is 0 Å². The number of nitrogens with zero attached hydrogens (tertiary/aromatic N) is 2. The average molecular weight is 414 g/mol. The molecule has 0 saturated carbocycles. The molecule has 1 saturated heterocycles. The molecule has 0 spiro atoms. The number of benzene rings is 2. The highest BCUT2D eigenvalue weighted by Crippen LogP contribution is 2.38. The number of rotatable bonds is 7. The number of esters is 1. The van der Waals surface area contributed by atoms with Gasteiger partial charge in [-0.05, 0) is 24.3 Å². The second kappa shape index (κ2) is 9.87. The lowest BCUT2D eigenvalue weighted by atomic mass is 10.2. The van der Waals surface area contributed by atoms with Gasteiger partial charge in [0, 0.05) is 31.9 Å². The summed E-state index contributed by atoms with van der Waals surface area (Å²) in [5.41, 5.74) is 1.35. The van der Waals surface area contributed by atoms with Crippen molar-refractivity contribution >= 4 is 17.6 Å². The number of methoxy groups -OCH3 is 3. The number of hydrogen-bond acceptors (Lipinski definition) is 7. The van der Waals surface area contributed by atoms with Gasteiger partial charge in [0.05, 0.1) is 26.9 Å². The van der Waals surface area contributed by atoms with Gasteiger partial charge in [0.2, 0.25) is 5.75 Å². The molecule has 1 amide bonds. The summed E-state index contributed by atoms with van der Waals surface area (Å²) in [5, 5.41) is 0. The molecule has 0 N–H and O–H groups in total. The van der Waals surface area contributed by atoms with Gasteiger partial charge >= 0.3 is 5.97 Å². The summed E-state index contributed by atoms with van der Waals surface area (Å²) >= 11 is 0. The van der Waals surface area contributed by atoms with E-state index >= 15 is 0 Å². The van der Waals surface area contributed by atoms with Crippen LogP contribution in [0, 0.1) is 0 Å². The molecule has 0 aromatic heterocycles. The molecule has 0 radical (unpaired) electrons. The topological polar surface area (TPSA) is 77.5 Å². The van der Waals surface area contributed by atoms with Crippen LogP contribution in [0.3, 0.4) is 0 Å². The predicted molar refractivity (Wildman–Crippen MR) is 112 cm³/mol. The van der Waals surface area contributed by atoms with Crippen LogP contribution in [-0.2, 0) is 9.53 Å². The largest absolute Gasteiger partial charge is 0.493 e. The summed E-state index contributed by atoms with van der Waals surface area (Å²) in [6.07, 6.45) is 0. The normalized spacial score (nSPS) is 13.6. The minimum Gasteiger partial charge on any atom is -0.493 e. The van der Waals surface area contributed by atoms with E-state index in [1.165, 1.54) is 33.5 Å².